The summed E-state index contributed by atoms with van der Waals surface area (Å²) < 4.78 is 5.45. The van der Waals surface area contributed by atoms with Gasteiger partial charge in [-0.1, -0.05) is 6.42 Å². The molecule has 0 aromatic rings. The number of rotatable bonds is 7. The van der Waals surface area contributed by atoms with E-state index in [4.69, 9.17) is 10.00 Å². The lowest BCUT2D eigenvalue weighted by Gasteiger charge is -2.35. The van der Waals surface area contributed by atoms with E-state index in [0.717, 1.165) is 32.4 Å². The van der Waals surface area contributed by atoms with Crippen molar-refractivity contribution in [1.82, 2.24) is 10.2 Å². The maximum Gasteiger partial charge on any atom is 0.239 e. The molecular formula is C16H29N3O2. The molecule has 5 nitrogen and oxygen atoms in total. The minimum Gasteiger partial charge on any atom is -0.378 e. The summed E-state index contributed by atoms with van der Waals surface area (Å²) in [5.41, 5.74) is -0.251. The number of nitriles is 1. The molecule has 1 N–H and O–H groups in total. The molecule has 1 heterocycles. The molecule has 0 radical (unpaired) electrons. The maximum absolute atomic E-state index is 12.2. The van der Waals surface area contributed by atoms with Gasteiger partial charge in [0.15, 0.2) is 0 Å². The van der Waals surface area contributed by atoms with Gasteiger partial charge in [-0.05, 0) is 47.1 Å². The molecule has 21 heavy (non-hydrogen) atoms. The van der Waals surface area contributed by atoms with Gasteiger partial charge >= 0.3 is 0 Å². The number of nitrogens with one attached hydrogen (secondary N) is 1. The fraction of sp³-hybridized carbons (Fsp3) is 0.875. The predicted octanol–water partition coefficient (Wildman–Crippen LogP) is 1.93. The van der Waals surface area contributed by atoms with Gasteiger partial charge in [-0.15, -0.1) is 0 Å². The first-order valence-electron chi connectivity index (χ1n) is 7.89. The van der Waals surface area contributed by atoms with Crippen molar-refractivity contribution in [2.45, 2.75) is 59.0 Å². The number of morpholine rings is 1. The number of hydrogen-bond donors (Lipinski definition) is 1. The van der Waals surface area contributed by atoms with Crippen LogP contribution in [0.5, 0.6) is 0 Å². The third kappa shape index (κ3) is 6.45. The molecule has 1 saturated heterocycles. The molecule has 1 unspecified atom stereocenters. The van der Waals surface area contributed by atoms with E-state index >= 15 is 0 Å². The highest BCUT2D eigenvalue weighted by Crippen LogP contribution is 2.22. The second-order valence-electron chi connectivity index (χ2n) is 6.74. The first kappa shape index (κ1) is 17.9. The Morgan fingerprint density at radius 1 is 1.48 bits per heavy atom. The summed E-state index contributed by atoms with van der Waals surface area (Å²) in [4.78, 5) is 14.4. The average Bonchev–Trinajstić information content (AvgIpc) is 2.43. The lowest BCUT2D eigenvalue weighted by molar-refractivity contribution is -0.133. The van der Waals surface area contributed by atoms with E-state index in [1.54, 1.807) is 0 Å². The van der Waals surface area contributed by atoms with Crippen LogP contribution in [0.25, 0.3) is 0 Å². The quantitative estimate of drug-likeness (QED) is 0.729. The maximum atomic E-state index is 12.2. The second-order valence-corrected chi connectivity index (χ2v) is 6.74. The molecule has 1 aliphatic rings. The van der Waals surface area contributed by atoms with Crippen molar-refractivity contribution in [1.29, 1.82) is 5.26 Å². The smallest absolute Gasteiger partial charge is 0.239 e. The minimum absolute atomic E-state index is 0.0575. The first-order valence-corrected chi connectivity index (χ1v) is 7.89. The molecular weight excluding hydrogens is 266 g/mol. The monoisotopic (exact) mass is 295 g/mol. The molecule has 0 spiro atoms. The number of amides is 1. The molecule has 1 amide bonds. The topological polar surface area (TPSA) is 65.4 Å². The third-order valence-electron chi connectivity index (χ3n) is 3.77. The fourth-order valence-electron chi connectivity index (χ4n) is 2.47. The van der Waals surface area contributed by atoms with Crippen molar-refractivity contribution in [3.8, 4) is 6.07 Å². The van der Waals surface area contributed by atoms with E-state index in [1.807, 2.05) is 27.7 Å². The Bertz CT molecular complexity index is 374. The van der Waals surface area contributed by atoms with E-state index in [1.165, 1.54) is 0 Å². The molecule has 5 heteroatoms. The van der Waals surface area contributed by atoms with Crippen LogP contribution in [0.15, 0.2) is 0 Å². The minimum atomic E-state index is -0.251. The van der Waals surface area contributed by atoms with Crippen molar-refractivity contribution in [2.24, 2.45) is 5.41 Å². The number of ether oxygens (including phenoxy) is 1. The molecule has 1 aliphatic heterocycles. The van der Waals surface area contributed by atoms with Crippen molar-refractivity contribution < 1.29 is 9.53 Å². The van der Waals surface area contributed by atoms with Gasteiger partial charge in [0.2, 0.25) is 5.91 Å². The van der Waals surface area contributed by atoms with Gasteiger partial charge in [0.05, 0.1) is 24.7 Å². The van der Waals surface area contributed by atoms with Crippen molar-refractivity contribution in [3.63, 3.8) is 0 Å². The second kappa shape index (κ2) is 8.35. The number of carbonyl (C=O) groups is 1. The Morgan fingerprint density at radius 2 is 2.19 bits per heavy atom. The number of hydrogen-bond acceptors (Lipinski definition) is 4. The highest BCUT2D eigenvalue weighted by molar-refractivity contribution is 5.82. The van der Waals surface area contributed by atoms with Crippen molar-refractivity contribution >= 4 is 5.91 Å². The average molecular weight is 295 g/mol. The van der Waals surface area contributed by atoms with Gasteiger partial charge in [-0.3, -0.25) is 9.69 Å². The van der Waals surface area contributed by atoms with Crippen LogP contribution in [0.1, 0.15) is 47.0 Å². The van der Waals surface area contributed by atoms with Gasteiger partial charge in [-0.25, -0.2) is 0 Å². The Hall–Kier alpha value is -1.12. The Morgan fingerprint density at radius 3 is 2.81 bits per heavy atom. The molecule has 0 bridgehead atoms. The third-order valence-corrected chi connectivity index (χ3v) is 3.77. The zero-order chi connectivity index (χ0) is 15.9. The lowest BCUT2D eigenvalue weighted by atomic mass is 9.89. The molecule has 0 saturated carbocycles. The zero-order valence-electron chi connectivity index (χ0n) is 13.8. The lowest BCUT2D eigenvalue weighted by Crippen LogP contribution is -2.55. The number of carbonyl (C=O) groups excluding carboxylic acids is 1. The van der Waals surface area contributed by atoms with Gasteiger partial charge in [0, 0.05) is 12.6 Å². The van der Waals surface area contributed by atoms with Crippen molar-refractivity contribution in [2.75, 3.05) is 26.3 Å². The van der Waals surface area contributed by atoms with E-state index in [0.29, 0.717) is 13.2 Å². The Kier molecular flexibility index (Phi) is 7.13. The summed E-state index contributed by atoms with van der Waals surface area (Å²) >= 11 is 0. The molecule has 1 fully saturated rings. The normalized spacial score (nSPS) is 20.3. The van der Waals surface area contributed by atoms with E-state index < -0.39 is 0 Å². The van der Waals surface area contributed by atoms with Crippen LogP contribution in [-0.2, 0) is 9.53 Å². The van der Waals surface area contributed by atoms with E-state index in [2.05, 4.69) is 16.3 Å². The van der Waals surface area contributed by atoms with Gasteiger partial charge in [0.25, 0.3) is 0 Å². The molecule has 0 aromatic carbocycles. The highest BCUT2D eigenvalue weighted by Gasteiger charge is 2.29. The first-order chi connectivity index (χ1) is 9.85. The molecule has 1 atom stereocenters. The number of unbranched alkanes of at least 4 members (excludes halogenated alkanes) is 1. The summed E-state index contributed by atoms with van der Waals surface area (Å²) in [5.74, 6) is 0.0575. The fourth-order valence-corrected chi connectivity index (χ4v) is 2.47. The number of nitrogens with zero attached hydrogens (tertiary/aromatic N) is 2. The van der Waals surface area contributed by atoms with Crippen LogP contribution in [0.2, 0.25) is 0 Å². The van der Waals surface area contributed by atoms with Gasteiger partial charge < -0.3 is 10.1 Å². The van der Waals surface area contributed by atoms with Crippen LogP contribution >= 0.6 is 0 Å². The Labute approximate surface area is 128 Å². The van der Waals surface area contributed by atoms with E-state index in [-0.39, 0.29) is 23.4 Å². The van der Waals surface area contributed by atoms with Gasteiger partial charge in [-0.2, -0.15) is 5.26 Å². The predicted molar refractivity (Wildman–Crippen MR) is 82.7 cm³/mol. The summed E-state index contributed by atoms with van der Waals surface area (Å²) in [5, 5.41) is 12.0. The molecule has 0 aliphatic carbocycles. The van der Waals surface area contributed by atoms with Crippen LogP contribution in [0.4, 0.5) is 0 Å². The van der Waals surface area contributed by atoms with Crippen LogP contribution in [-0.4, -0.2) is 49.2 Å². The van der Waals surface area contributed by atoms with Crippen LogP contribution < -0.4 is 5.32 Å². The zero-order valence-corrected chi connectivity index (χ0v) is 13.8. The Balaban J connectivity index is 2.40. The van der Waals surface area contributed by atoms with Crippen LogP contribution in [0.3, 0.4) is 0 Å². The largest absolute Gasteiger partial charge is 0.378 e. The van der Waals surface area contributed by atoms with E-state index in [9.17, 15) is 4.79 Å². The summed E-state index contributed by atoms with van der Waals surface area (Å²) in [6.07, 6.45) is 2.92. The van der Waals surface area contributed by atoms with Crippen LogP contribution in [0, 0.1) is 16.7 Å². The molecule has 120 valence electrons. The SMILES string of the molecule is CC(C)NC(=O)C1COCCN1CCCCC(C)(C)C#N. The summed E-state index contributed by atoms with van der Waals surface area (Å²) in [6, 6.07) is 2.31. The van der Waals surface area contributed by atoms with Crippen molar-refractivity contribution in [3.05, 3.63) is 0 Å². The van der Waals surface area contributed by atoms with Gasteiger partial charge in [0.1, 0.15) is 6.04 Å². The highest BCUT2D eigenvalue weighted by atomic mass is 16.5. The summed E-state index contributed by atoms with van der Waals surface area (Å²) in [6.45, 7) is 10.7. The molecule has 1 rings (SSSR count). The standard InChI is InChI=1S/C16H29N3O2/c1-13(2)18-15(20)14-11-21-10-9-19(14)8-6-5-7-16(3,4)12-17/h13-14H,5-11H2,1-4H3,(H,18,20). The summed E-state index contributed by atoms with van der Waals surface area (Å²) in [7, 11) is 0. The molecule has 0 aromatic heterocycles.